The molecule has 26 heavy (non-hydrogen) atoms. The molecule has 10 nitrogen and oxygen atoms in total. The Labute approximate surface area is 155 Å². The summed E-state index contributed by atoms with van der Waals surface area (Å²) in [6, 6.07) is 0. The van der Waals surface area contributed by atoms with E-state index in [4.69, 9.17) is 38.3 Å². The van der Waals surface area contributed by atoms with Crippen LogP contribution in [0.4, 0.5) is 4.79 Å². The standard InChI is InChI=1S/C16H33NO9/c1-17-16(19)26-15-14-25-13-12-24-11-10-23-9-8-22-7-6-21-5-4-20-3-2-18/h18H,2-15H2,1H3,(H,17,19). The summed E-state index contributed by atoms with van der Waals surface area (Å²) in [4.78, 5) is 10.7. The van der Waals surface area contributed by atoms with Crippen molar-refractivity contribution in [3.8, 4) is 0 Å². The van der Waals surface area contributed by atoms with Crippen LogP contribution in [0.25, 0.3) is 0 Å². The molecule has 0 aliphatic carbocycles. The Morgan fingerprint density at radius 1 is 0.615 bits per heavy atom. The van der Waals surface area contributed by atoms with E-state index in [0.717, 1.165) is 0 Å². The lowest BCUT2D eigenvalue weighted by Crippen LogP contribution is -2.21. The van der Waals surface area contributed by atoms with E-state index < -0.39 is 6.09 Å². The van der Waals surface area contributed by atoms with Crippen LogP contribution in [-0.2, 0) is 33.2 Å². The van der Waals surface area contributed by atoms with Gasteiger partial charge in [0.15, 0.2) is 0 Å². The lowest BCUT2D eigenvalue weighted by atomic mass is 10.6. The van der Waals surface area contributed by atoms with Crippen LogP contribution in [0.15, 0.2) is 0 Å². The molecule has 10 heteroatoms. The molecule has 0 heterocycles. The van der Waals surface area contributed by atoms with Gasteiger partial charge in [0.25, 0.3) is 0 Å². The van der Waals surface area contributed by atoms with Gasteiger partial charge in [0.05, 0.1) is 85.9 Å². The third kappa shape index (κ3) is 21.0. The summed E-state index contributed by atoms with van der Waals surface area (Å²) in [6.45, 7) is 5.73. The number of hydrogen-bond donors (Lipinski definition) is 2. The molecule has 0 aliphatic heterocycles. The second-order valence-corrected chi connectivity index (χ2v) is 4.78. The summed E-state index contributed by atoms with van der Waals surface area (Å²) in [5.74, 6) is 0. The van der Waals surface area contributed by atoms with Gasteiger partial charge < -0.3 is 43.6 Å². The molecule has 2 N–H and O–H groups in total. The zero-order chi connectivity index (χ0) is 19.1. The summed E-state index contributed by atoms with van der Waals surface area (Å²) in [6.07, 6.45) is -0.470. The summed E-state index contributed by atoms with van der Waals surface area (Å²) < 4.78 is 36.3. The summed E-state index contributed by atoms with van der Waals surface area (Å²) in [5.41, 5.74) is 0. The Balaban J connectivity index is 3.00. The first kappa shape index (κ1) is 25.0. The van der Waals surface area contributed by atoms with Crippen LogP contribution in [-0.4, -0.2) is 111 Å². The minimum atomic E-state index is -0.470. The number of carbonyl (C=O) groups excluding carboxylic acids is 1. The van der Waals surface area contributed by atoms with Crippen molar-refractivity contribution in [2.45, 2.75) is 0 Å². The topological polar surface area (TPSA) is 114 Å². The van der Waals surface area contributed by atoms with Crippen molar-refractivity contribution in [2.75, 3.05) is 99.5 Å². The van der Waals surface area contributed by atoms with Crippen molar-refractivity contribution in [3.05, 3.63) is 0 Å². The molecule has 0 aromatic rings. The average molecular weight is 383 g/mol. The van der Waals surface area contributed by atoms with Gasteiger partial charge >= 0.3 is 6.09 Å². The first-order chi connectivity index (χ1) is 12.8. The highest BCUT2D eigenvalue weighted by molar-refractivity contribution is 5.66. The molecule has 0 aromatic heterocycles. The fraction of sp³-hybridized carbons (Fsp3) is 0.938. The van der Waals surface area contributed by atoms with E-state index in [2.05, 4.69) is 5.32 Å². The minimum Gasteiger partial charge on any atom is -0.447 e. The summed E-state index contributed by atoms with van der Waals surface area (Å²) in [7, 11) is 1.50. The normalized spacial score (nSPS) is 10.8. The Morgan fingerprint density at radius 2 is 0.923 bits per heavy atom. The number of hydrogen-bond acceptors (Lipinski definition) is 9. The smallest absolute Gasteiger partial charge is 0.406 e. The van der Waals surface area contributed by atoms with Crippen LogP contribution in [0.1, 0.15) is 0 Å². The van der Waals surface area contributed by atoms with Gasteiger partial charge in [0, 0.05) is 7.05 Å². The number of aliphatic hydroxyl groups excluding tert-OH is 1. The highest BCUT2D eigenvalue weighted by Crippen LogP contribution is 1.85. The number of carbonyl (C=O) groups is 1. The Morgan fingerprint density at radius 3 is 1.23 bits per heavy atom. The predicted molar refractivity (Wildman–Crippen MR) is 92.4 cm³/mol. The van der Waals surface area contributed by atoms with E-state index in [1.54, 1.807) is 0 Å². The van der Waals surface area contributed by atoms with Gasteiger partial charge in [-0.15, -0.1) is 0 Å². The van der Waals surface area contributed by atoms with Crippen LogP contribution in [0.3, 0.4) is 0 Å². The molecule has 0 unspecified atom stereocenters. The molecule has 0 bridgehead atoms. The monoisotopic (exact) mass is 383 g/mol. The highest BCUT2D eigenvalue weighted by Gasteiger charge is 1.97. The molecular formula is C16H33NO9. The van der Waals surface area contributed by atoms with Gasteiger partial charge in [0.2, 0.25) is 0 Å². The first-order valence-corrected chi connectivity index (χ1v) is 8.73. The maximum Gasteiger partial charge on any atom is 0.406 e. The van der Waals surface area contributed by atoms with E-state index in [1.807, 2.05) is 0 Å². The van der Waals surface area contributed by atoms with E-state index >= 15 is 0 Å². The van der Waals surface area contributed by atoms with Gasteiger partial charge in [-0.25, -0.2) is 4.79 Å². The van der Waals surface area contributed by atoms with E-state index in [1.165, 1.54) is 7.05 Å². The second-order valence-electron chi connectivity index (χ2n) is 4.78. The van der Waals surface area contributed by atoms with Crippen molar-refractivity contribution in [2.24, 2.45) is 0 Å². The fourth-order valence-electron chi connectivity index (χ4n) is 1.53. The lowest BCUT2D eigenvalue weighted by Gasteiger charge is -2.08. The highest BCUT2D eigenvalue weighted by atomic mass is 16.6. The fourth-order valence-corrected chi connectivity index (χ4v) is 1.53. The third-order valence-electron chi connectivity index (χ3n) is 2.76. The van der Waals surface area contributed by atoms with Gasteiger partial charge in [-0.1, -0.05) is 0 Å². The average Bonchev–Trinajstić information content (AvgIpc) is 2.66. The van der Waals surface area contributed by atoms with Crippen molar-refractivity contribution in [3.63, 3.8) is 0 Å². The minimum absolute atomic E-state index is 0.0255. The molecule has 0 aliphatic rings. The van der Waals surface area contributed by atoms with E-state index in [-0.39, 0.29) is 13.2 Å². The lowest BCUT2D eigenvalue weighted by molar-refractivity contribution is -0.0197. The van der Waals surface area contributed by atoms with Crippen LogP contribution in [0, 0.1) is 0 Å². The zero-order valence-electron chi connectivity index (χ0n) is 15.6. The first-order valence-electron chi connectivity index (χ1n) is 8.73. The van der Waals surface area contributed by atoms with Crippen molar-refractivity contribution >= 4 is 6.09 Å². The molecule has 0 spiro atoms. The number of rotatable bonds is 20. The number of amides is 1. The van der Waals surface area contributed by atoms with Crippen LogP contribution in [0.5, 0.6) is 0 Å². The Hall–Kier alpha value is -1.01. The molecule has 0 rings (SSSR count). The van der Waals surface area contributed by atoms with Gasteiger partial charge in [-0.05, 0) is 0 Å². The number of ether oxygens (including phenoxy) is 7. The number of alkyl carbamates (subject to hydrolysis) is 1. The molecule has 0 saturated carbocycles. The molecule has 0 fully saturated rings. The zero-order valence-corrected chi connectivity index (χ0v) is 15.6. The molecule has 0 aromatic carbocycles. The molecule has 1 amide bonds. The summed E-state index contributed by atoms with van der Waals surface area (Å²) >= 11 is 0. The van der Waals surface area contributed by atoms with Crippen molar-refractivity contribution in [1.29, 1.82) is 0 Å². The predicted octanol–water partition coefficient (Wildman–Crippen LogP) is -0.566. The SMILES string of the molecule is CNC(=O)OCCOCCOCCOCCOCCOCCOCCO. The van der Waals surface area contributed by atoms with Gasteiger partial charge in [-0.2, -0.15) is 0 Å². The van der Waals surface area contributed by atoms with Crippen LogP contribution in [0.2, 0.25) is 0 Å². The summed E-state index contributed by atoms with van der Waals surface area (Å²) in [5, 5.41) is 10.8. The largest absolute Gasteiger partial charge is 0.447 e. The van der Waals surface area contributed by atoms with Crippen LogP contribution < -0.4 is 5.32 Å². The van der Waals surface area contributed by atoms with Gasteiger partial charge in [0.1, 0.15) is 6.61 Å². The maximum atomic E-state index is 10.7. The number of aliphatic hydroxyl groups is 1. The quantitative estimate of drug-likeness (QED) is 0.267. The van der Waals surface area contributed by atoms with E-state index in [9.17, 15) is 4.79 Å². The van der Waals surface area contributed by atoms with Gasteiger partial charge in [-0.3, -0.25) is 0 Å². The van der Waals surface area contributed by atoms with Crippen molar-refractivity contribution in [1.82, 2.24) is 5.32 Å². The molecule has 156 valence electrons. The molecule has 0 atom stereocenters. The Kier molecular flexibility index (Phi) is 21.2. The second kappa shape index (κ2) is 22.0. The molecule has 0 radical (unpaired) electrons. The Bertz CT molecular complexity index is 295. The maximum absolute atomic E-state index is 10.7. The molecule has 0 saturated heterocycles. The molecular weight excluding hydrogens is 350 g/mol. The third-order valence-corrected chi connectivity index (χ3v) is 2.76. The van der Waals surface area contributed by atoms with Crippen LogP contribution >= 0.6 is 0 Å². The number of nitrogens with one attached hydrogen (secondary N) is 1. The van der Waals surface area contributed by atoms with Crippen molar-refractivity contribution < 1.29 is 43.1 Å². The van der Waals surface area contributed by atoms with E-state index in [0.29, 0.717) is 79.3 Å².